The lowest BCUT2D eigenvalue weighted by Crippen LogP contribution is -2.44. The molecule has 0 aliphatic carbocycles. The third-order valence-corrected chi connectivity index (χ3v) is 3.63. The van der Waals surface area contributed by atoms with Crippen molar-refractivity contribution < 1.29 is 14.3 Å². The van der Waals surface area contributed by atoms with Gasteiger partial charge < -0.3 is 19.4 Å². The van der Waals surface area contributed by atoms with Crippen LogP contribution in [-0.2, 0) is 9.53 Å². The molecule has 24 heavy (non-hydrogen) atoms. The molecule has 0 unspecified atom stereocenters. The minimum absolute atomic E-state index is 0.0692. The zero-order valence-corrected chi connectivity index (χ0v) is 13.3. The summed E-state index contributed by atoms with van der Waals surface area (Å²) < 4.78 is 11.1. The minimum Gasteiger partial charge on any atom is -0.482 e. The number of morpholine rings is 1. The predicted molar refractivity (Wildman–Crippen MR) is 84.6 cm³/mol. The van der Waals surface area contributed by atoms with E-state index in [1.165, 1.54) is 6.07 Å². The van der Waals surface area contributed by atoms with Gasteiger partial charge in [0.2, 0.25) is 0 Å². The molecule has 0 spiro atoms. The van der Waals surface area contributed by atoms with Crippen LogP contribution in [0.4, 0.5) is 0 Å². The van der Waals surface area contributed by atoms with Gasteiger partial charge in [0.1, 0.15) is 17.7 Å². The molecule has 1 saturated heterocycles. The number of aromatic nitrogens is 3. The van der Waals surface area contributed by atoms with E-state index in [0.717, 1.165) is 0 Å². The highest BCUT2D eigenvalue weighted by Gasteiger charge is 2.27. The smallest absolute Gasteiger partial charge is 0.260 e. The number of rotatable bonds is 4. The first kappa shape index (κ1) is 16.1. The molecule has 3 rings (SSSR count). The molecule has 1 atom stereocenters. The Morgan fingerprint density at radius 3 is 3.17 bits per heavy atom. The van der Waals surface area contributed by atoms with Gasteiger partial charge in [0.05, 0.1) is 25.0 Å². The summed E-state index contributed by atoms with van der Waals surface area (Å²) in [5.41, 5.74) is 0.298. The zero-order chi connectivity index (χ0) is 16.9. The molecule has 1 fully saturated rings. The maximum atomic E-state index is 12.3. The van der Waals surface area contributed by atoms with Gasteiger partial charge in [0.15, 0.2) is 6.61 Å². The van der Waals surface area contributed by atoms with Crippen LogP contribution in [-0.4, -0.2) is 52.1 Å². The van der Waals surface area contributed by atoms with Gasteiger partial charge in [-0.25, -0.2) is 4.98 Å². The van der Waals surface area contributed by atoms with Crippen molar-refractivity contribution in [3.05, 3.63) is 52.5 Å². The molecule has 3 heterocycles. The summed E-state index contributed by atoms with van der Waals surface area (Å²) in [7, 11) is 0. The Morgan fingerprint density at radius 1 is 1.54 bits per heavy atom. The lowest BCUT2D eigenvalue weighted by molar-refractivity contribution is -0.141. The van der Waals surface area contributed by atoms with Crippen LogP contribution in [0, 0.1) is 6.92 Å². The highest BCUT2D eigenvalue weighted by atomic mass is 16.5. The number of nitrogens with one attached hydrogen (secondary N) is 1. The van der Waals surface area contributed by atoms with Crippen molar-refractivity contribution in [3.8, 4) is 5.75 Å². The average molecular weight is 330 g/mol. The van der Waals surface area contributed by atoms with Gasteiger partial charge in [0, 0.05) is 18.8 Å². The van der Waals surface area contributed by atoms with Gasteiger partial charge in [-0.05, 0) is 19.1 Å². The fraction of sp³-hybridized carbons (Fsp3) is 0.375. The van der Waals surface area contributed by atoms with Gasteiger partial charge in [0.25, 0.3) is 11.5 Å². The summed E-state index contributed by atoms with van der Waals surface area (Å²) in [6.45, 7) is 2.84. The topological polar surface area (TPSA) is 97.4 Å². The Bertz CT molecular complexity index is 762. The van der Waals surface area contributed by atoms with E-state index in [9.17, 15) is 9.59 Å². The SMILES string of the molecule is Cc1nc([C@H]2CN(C(=O)COc3cccnc3)CCO2)cc(=O)[nH]1. The van der Waals surface area contributed by atoms with Crippen molar-refractivity contribution in [2.45, 2.75) is 13.0 Å². The molecule has 0 bridgehead atoms. The fourth-order valence-electron chi connectivity index (χ4n) is 2.49. The van der Waals surface area contributed by atoms with Crippen LogP contribution in [0.25, 0.3) is 0 Å². The monoisotopic (exact) mass is 330 g/mol. The lowest BCUT2D eigenvalue weighted by atomic mass is 10.2. The first-order valence-corrected chi connectivity index (χ1v) is 7.62. The second kappa shape index (κ2) is 7.22. The first-order chi connectivity index (χ1) is 11.6. The van der Waals surface area contributed by atoms with Gasteiger partial charge in [-0.2, -0.15) is 0 Å². The molecule has 2 aromatic rings. The Balaban J connectivity index is 1.62. The minimum atomic E-state index is -0.415. The number of amides is 1. The van der Waals surface area contributed by atoms with Crippen molar-refractivity contribution >= 4 is 5.91 Å². The molecular weight excluding hydrogens is 312 g/mol. The maximum absolute atomic E-state index is 12.3. The second-order valence-corrected chi connectivity index (χ2v) is 5.43. The molecule has 0 radical (unpaired) electrons. The van der Waals surface area contributed by atoms with E-state index in [0.29, 0.717) is 37.0 Å². The molecule has 0 aromatic carbocycles. The Labute approximate surface area is 138 Å². The van der Waals surface area contributed by atoms with Gasteiger partial charge in [-0.15, -0.1) is 0 Å². The summed E-state index contributed by atoms with van der Waals surface area (Å²) in [6.07, 6.45) is 2.78. The van der Waals surface area contributed by atoms with Crippen LogP contribution in [0.5, 0.6) is 5.75 Å². The number of aromatic amines is 1. The molecule has 1 amide bonds. The number of nitrogens with zero attached hydrogens (tertiary/aromatic N) is 3. The number of carbonyl (C=O) groups is 1. The predicted octanol–water partition coefficient (Wildman–Crippen LogP) is 0.452. The van der Waals surface area contributed by atoms with Crippen LogP contribution in [0.2, 0.25) is 0 Å². The zero-order valence-electron chi connectivity index (χ0n) is 13.3. The van der Waals surface area contributed by atoms with Gasteiger partial charge >= 0.3 is 0 Å². The molecule has 2 aromatic heterocycles. The number of H-pyrrole nitrogens is 1. The molecule has 0 saturated carbocycles. The van der Waals surface area contributed by atoms with Gasteiger partial charge in [-0.3, -0.25) is 14.6 Å². The maximum Gasteiger partial charge on any atom is 0.260 e. The van der Waals surface area contributed by atoms with E-state index < -0.39 is 6.10 Å². The molecular formula is C16H18N4O4. The standard InChI is InChI=1S/C16H18N4O4/c1-11-18-13(7-15(21)19-11)14-9-20(5-6-23-14)16(22)10-24-12-3-2-4-17-8-12/h2-4,7-8,14H,5-6,9-10H2,1H3,(H,18,19,21)/t14-/m1/s1. The summed E-state index contributed by atoms with van der Waals surface area (Å²) in [5.74, 6) is 0.917. The molecule has 8 heteroatoms. The summed E-state index contributed by atoms with van der Waals surface area (Å²) in [6, 6.07) is 4.88. The highest BCUT2D eigenvalue weighted by molar-refractivity contribution is 5.77. The molecule has 1 N–H and O–H groups in total. The number of aryl methyl sites for hydroxylation is 1. The molecule has 1 aliphatic rings. The van der Waals surface area contributed by atoms with Crippen LogP contribution in [0.3, 0.4) is 0 Å². The van der Waals surface area contributed by atoms with E-state index in [1.54, 1.807) is 36.4 Å². The van der Waals surface area contributed by atoms with Crippen molar-refractivity contribution in [3.63, 3.8) is 0 Å². The Kier molecular flexibility index (Phi) is 4.85. The summed E-state index contributed by atoms with van der Waals surface area (Å²) >= 11 is 0. The molecule has 126 valence electrons. The van der Waals surface area contributed by atoms with E-state index >= 15 is 0 Å². The number of carbonyl (C=O) groups excluding carboxylic acids is 1. The summed E-state index contributed by atoms with van der Waals surface area (Å²) in [4.78, 5) is 36.4. The Morgan fingerprint density at radius 2 is 2.42 bits per heavy atom. The van der Waals surface area contributed by atoms with E-state index in [2.05, 4.69) is 15.0 Å². The van der Waals surface area contributed by atoms with Crippen molar-refractivity contribution in [2.75, 3.05) is 26.3 Å². The number of hydrogen-bond acceptors (Lipinski definition) is 6. The van der Waals surface area contributed by atoms with Crippen molar-refractivity contribution in [2.24, 2.45) is 0 Å². The average Bonchev–Trinajstić information content (AvgIpc) is 2.60. The fourth-order valence-corrected chi connectivity index (χ4v) is 2.49. The van der Waals surface area contributed by atoms with Crippen LogP contribution >= 0.6 is 0 Å². The van der Waals surface area contributed by atoms with Gasteiger partial charge in [-0.1, -0.05) is 0 Å². The molecule has 8 nitrogen and oxygen atoms in total. The van der Waals surface area contributed by atoms with E-state index in [-0.39, 0.29) is 18.1 Å². The third-order valence-electron chi connectivity index (χ3n) is 3.63. The van der Waals surface area contributed by atoms with Crippen LogP contribution in [0.1, 0.15) is 17.6 Å². The Hall–Kier alpha value is -2.74. The second-order valence-electron chi connectivity index (χ2n) is 5.43. The highest BCUT2D eigenvalue weighted by Crippen LogP contribution is 2.20. The quantitative estimate of drug-likeness (QED) is 0.874. The van der Waals surface area contributed by atoms with Crippen molar-refractivity contribution in [1.29, 1.82) is 0 Å². The van der Waals surface area contributed by atoms with Crippen molar-refractivity contribution in [1.82, 2.24) is 19.9 Å². The summed E-state index contributed by atoms with van der Waals surface area (Å²) in [5, 5.41) is 0. The van der Waals surface area contributed by atoms with Crippen LogP contribution < -0.4 is 10.3 Å². The number of pyridine rings is 1. The first-order valence-electron chi connectivity index (χ1n) is 7.62. The number of hydrogen-bond donors (Lipinski definition) is 1. The van der Waals surface area contributed by atoms with E-state index in [1.807, 2.05) is 0 Å². The third kappa shape index (κ3) is 3.96. The normalized spacial score (nSPS) is 17.5. The molecule has 1 aliphatic heterocycles. The largest absolute Gasteiger partial charge is 0.482 e. The number of ether oxygens (including phenoxy) is 2. The lowest BCUT2D eigenvalue weighted by Gasteiger charge is -2.32. The van der Waals surface area contributed by atoms with E-state index in [4.69, 9.17) is 9.47 Å². The van der Waals surface area contributed by atoms with Crippen LogP contribution in [0.15, 0.2) is 35.4 Å².